The van der Waals surface area contributed by atoms with Crippen molar-refractivity contribution in [3.63, 3.8) is 0 Å². The number of tetrazole rings is 1. The van der Waals surface area contributed by atoms with Crippen molar-refractivity contribution in [2.45, 2.75) is 32.2 Å². The second-order valence-electron chi connectivity index (χ2n) is 5.42. The van der Waals surface area contributed by atoms with Gasteiger partial charge < -0.3 is 4.90 Å². The average molecular weight is 320 g/mol. The van der Waals surface area contributed by atoms with Crippen LogP contribution in [0.4, 0.5) is 0 Å². The van der Waals surface area contributed by atoms with Gasteiger partial charge in [0.25, 0.3) is 0 Å². The van der Waals surface area contributed by atoms with E-state index in [0.717, 1.165) is 31.5 Å². The van der Waals surface area contributed by atoms with Crippen LogP contribution in [0.15, 0.2) is 24.3 Å². The SMILES string of the molecule is O=C(Cn1nnc(-c2ccccc2Cl)n1)N1CCCCCC1. The van der Waals surface area contributed by atoms with Crippen molar-refractivity contribution in [2.75, 3.05) is 13.1 Å². The number of amides is 1. The normalized spacial score (nSPS) is 15.6. The van der Waals surface area contributed by atoms with Crippen LogP contribution in [0.1, 0.15) is 25.7 Å². The second kappa shape index (κ2) is 6.87. The summed E-state index contributed by atoms with van der Waals surface area (Å²) in [4.78, 5) is 15.5. The fourth-order valence-corrected chi connectivity index (χ4v) is 2.82. The number of aromatic nitrogens is 4. The fraction of sp³-hybridized carbons (Fsp3) is 0.467. The lowest BCUT2D eigenvalue weighted by molar-refractivity contribution is -0.132. The summed E-state index contributed by atoms with van der Waals surface area (Å²) in [6, 6.07) is 7.32. The Bertz CT molecular complexity index is 649. The molecule has 1 aliphatic rings. The van der Waals surface area contributed by atoms with E-state index in [4.69, 9.17) is 11.6 Å². The lowest BCUT2D eigenvalue weighted by Crippen LogP contribution is -2.35. The number of rotatable bonds is 3. The molecular weight excluding hydrogens is 302 g/mol. The summed E-state index contributed by atoms with van der Waals surface area (Å²) in [6.45, 7) is 1.77. The summed E-state index contributed by atoms with van der Waals surface area (Å²) in [5, 5.41) is 12.8. The first-order chi connectivity index (χ1) is 10.7. The molecule has 0 saturated carbocycles. The number of carbonyl (C=O) groups excluding carboxylic acids is 1. The van der Waals surface area contributed by atoms with E-state index in [0.29, 0.717) is 10.8 Å². The van der Waals surface area contributed by atoms with Crippen LogP contribution in [-0.2, 0) is 11.3 Å². The monoisotopic (exact) mass is 319 g/mol. The van der Waals surface area contributed by atoms with Gasteiger partial charge in [-0.3, -0.25) is 4.79 Å². The minimum absolute atomic E-state index is 0.0463. The number of carbonyl (C=O) groups is 1. The van der Waals surface area contributed by atoms with Crippen LogP contribution in [-0.4, -0.2) is 44.1 Å². The number of hydrogen-bond acceptors (Lipinski definition) is 4. The van der Waals surface area contributed by atoms with Gasteiger partial charge in [0.15, 0.2) is 0 Å². The largest absolute Gasteiger partial charge is 0.341 e. The van der Waals surface area contributed by atoms with Gasteiger partial charge in [0.1, 0.15) is 6.54 Å². The molecule has 116 valence electrons. The molecule has 0 radical (unpaired) electrons. The van der Waals surface area contributed by atoms with Gasteiger partial charge in [-0.05, 0) is 30.2 Å². The molecule has 0 unspecified atom stereocenters. The van der Waals surface area contributed by atoms with Gasteiger partial charge in [-0.1, -0.05) is 36.6 Å². The van der Waals surface area contributed by atoms with E-state index in [9.17, 15) is 4.79 Å². The van der Waals surface area contributed by atoms with E-state index in [2.05, 4.69) is 15.4 Å². The molecule has 0 atom stereocenters. The minimum atomic E-state index is 0.0463. The molecule has 0 N–H and O–H groups in total. The molecule has 0 spiro atoms. The Hall–Kier alpha value is -1.95. The average Bonchev–Trinajstić information content (AvgIpc) is 2.81. The summed E-state index contributed by atoms with van der Waals surface area (Å²) in [6.07, 6.45) is 4.53. The van der Waals surface area contributed by atoms with Crippen LogP contribution >= 0.6 is 11.6 Å². The molecule has 2 aromatic rings. The Balaban J connectivity index is 1.69. The van der Waals surface area contributed by atoms with Crippen molar-refractivity contribution in [1.82, 2.24) is 25.1 Å². The van der Waals surface area contributed by atoms with E-state index in [1.165, 1.54) is 17.6 Å². The number of halogens is 1. The van der Waals surface area contributed by atoms with E-state index in [-0.39, 0.29) is 12.5 Å². The standard InChI is InChI=1S/C15H18ClN5O/c16-13-8-4-3-7-12(13)15-17-19-21(18-15)11-14(22)20-9-5-1-2-6-10-20/h3-4,7-8H,1-2,5-6,9-11H2. The quantitative estimate of drug-likeness (QED) is 0.871. The molecule has 0 aliphatic carbocycles. The highest BCUT2D eigenvalue weighted by molar-refractivity contribution is 6.33. The zero-order chi connectivity index (χ0) is 15.4. The first-order valence-corrected chi connectivity index (χ1v) is 7.92. The predicted octanol–water partition coefficient (Wildman–Crippen LogP) is 2.40. The van der Waals surface area contributed by atoms with Crippen LogP contribution < -0.4 is 0 Å². The molecule has 1 aromatic carbocycles. The number of nitrogens with zero attached hydrogens (tertiary/aromatic N) is 5. The minimum Gasteiger partial charge on any atom is -0.341 e. The molecular formula is C15H18ClN5O. The molecule has 1 fully saturated rings. The Morgan fingerprint density at radius 3 is 2.59 bits per heavy atom. The molecule has 1 aliphatic heterocycles. The van der Waals surface area contributed by atoms with Crippen LogP contribution in [0, 0.1) is 0 Å². The van der Waals surface area contributed by atoms with Crippen molar-refractivity contribution in [2.24, 2.45) is 0 Å². The highest BCUT2D eigenvalue weighted by Crippen LogP contribution is 2.23. The first-order valence-electron chi connectivity index (χ1n) is 7.54. The van der Waals surface area contributed by atoms with Gasteiger partial charge in [-0.2, -0.15) is 4.80 Å². The number of likely N-dealkylation sites (tertiary alicyclic amines) is 1. The molecule has 3 rings (SSSR count). The van der Waals surface area contributed by atoms with E-state index in [1.807, 2.05) is 23.1 Å². The molecule has 0 bridgehead atoms. The maximum atomic E-state index is 12.3. The summed E-state index contributed by atoms with van der Waals surface area (Å²) in [5.41, 5.74) is 0.720. The van der Waals surface area contributed by atoms with Crippen LogP contribution in [0.3, 0.4) is 0 Å². The summed E-state index contributed by atoms with van der Waals surface area (Å²) >= 11 is 6.12. The van der Waals surface area contributed by atoms with Gasteiger partial charge in [-0.15, -0.1) is 10.2 Å². The van der Waals surface area contributed by atoms with Crippen molar-refractivity contribution in [1.29, 1.82) is 0 Å². The summed E-state index contributed by atoms with van der Waals surface area (Å²) in [7, 11) is 0. The second-order valence-corrected chi connectivity index (χ2v) is 5.83. The maximum absolute atomic E-state index is 12.3. The summed E-state index contributed by atoms with van der Waals surface area (Å²) in [5.74, 6) is 0.485. The highest BCUT2D eigenvalue weighted by atomic mass is 35.5. The van der Waals surface area contributed by atoms with Gasteiger partial charge in [-0.25, -0.2) is 0 Å². The Morgan fingerprint density at radius 1 is 1.14 bits per heavy atom. The molecule has 22 heavy (non-hydrogen) atoms. The Morgan fingerprint density at radius 2 is 1.86 bits per heavy atom. The molecule has 2 heterocycles. The Kier molecular flexibility index (Phi) is 4.68. The fourth-order valence-electron chi connectivity index (χ4n) is 2.60. The van der Waals surface area contributed by atoms with E-state index >= 15 is 0 Å². The van der Waals surface area contributed by atoms with Crippen molar-refractivity contribution in [3.05, 3.63) is 29.3 Å². The lowest BCUT2D eigenvalue weighted by atomic mass is 10.2. The maximum Gasteiger partial charge on any atom is 0.246 e. The van der Waals surface area contributed by atoms with Gasteiger partial charge in [0.05, 0.1) is 5.02 Å². The molecule has 1 saturated heterocycles. The van der Waals surface area contributed by atoms with E-state index < -0.39 is 0 Å². The molecule has 7 heteroatoms. The van der Waals surface area contributed by atoms with Crippen molar-refractivity contribution in [3.8, 4) is 11.4 Å². The highest BCUT2D eigenvalue weighted by Gasteiger charge is 2.17. The van der Waals surface area contributed by atoms with Gasteiger partial charge >= 0.3 is 0 Å². The smallest absolute Gasteiger partial charge is 0.246 e. The topological polar surface area (TPSA) is 63.9 Å². The zero-order valence-electron chi connectivity index (χ0n) is 12.3. The zero-order valence-corrected chi connectivity index (χ0v) is 13.0. The van der Waals surface area contributed by atoms with Crippen molar-refractivity contribution >= 4 is 17.5 Å². The molecule has 6 nitrogen and oxygen atoms in total. The molecule has 1 amide bonds. The van der Waals surface area contributed by atoms with Crippen LogP contribution in [0.25, 0.3) is 11.4 Å². The Labute approximate surface area is 134 Å². The van der Waals surface area contributed by atoms with Gasteiger partial charge in [0.2, 0.25) is 11.7 Å². The van der Waals surface area contributed by atoms with E-state index in [1.54, 1.807) is 6.07 Å². The predicted molar refractivity (Wildman–Crippen MR) is 83.3 cm³/mol. The third-order valence-electron chi connectivity index (χ3n) is 3.80. The lowest BCUT2D eigenvalue weighted by Gasteiger charge is -2.19. The molecule has 1 aromatic heterocycles. The van der Waals surface area contributed by atoms with Gasteiger partial charge in [0, 0.05) is 18.7 Å². The van der Waals surface area contributed by atoms with Crippen molar-refractivity contribution < 1.29 is 4.79 Å². The first kappa shape index (κ1) is 15.0. The summed E-state index contributed by atoms with van der Waals surface area (Å²) < 4.78 is 0. The third-order valence-corrected chi connectivity index (χ3v) is 4.13. The third kappa shape index (κ3) is 3.44. The van der Waals surface area contributed by atoms with Crippen LogP contribution in [0.5, 0.6) is 0 Å². The number of hydrogen-bond donors (Lipinski definition) is 0. The van der Waals surface area contributed by atoms with Crippen LogP contribution in [0.2, 0.25) is 5.02 Å². The number of benzene rings is 1.